The Balaban J connectivity index is 1.44. The van der Waals surface area contributed by atoms with E-state index in [4.69, 9.17) is 4.52 Å². The largest absolute Gasteiger partial charge is 0.359 e. The van der Waals surface area contributed by atoms with Crippen molar-refractivity contribution in [2.45, 2.75) is 32.7 Å². The molecule has 2 N–H and O–H groups in total. The van der Waals surface area contributed by atoms with Gasteiger partial charge in [0.05, 0.1) is 17.9 Å². The van der Waals surface area contributed by atoms with Crippen molar-refractivity contribution in [2.24, 2.45) is 4.99 Å². The summed E-state index contributed by atoms with van der Waals surface area (Å²) in [6.07, 6.45) is 4.61. The Morgan fingerprint density at radius 3 is 2.67 bits per heavy atom. The molecule has 27 heavy (non-hydrogen) atoms. The van der Waals surface area contributed by atoms with Crippen LogP contribution in [0.4, 0.5) is 0 Å². The molecule has 0 saturated carbocycles. The first-order chi connectivity index (χ1) is 13.2. The lowest BCUT2D eigenvalue weighted by Crippen LogP contribution is -2.37. The van der Waals surface area contributed by atoms with E-state index in [-0.39, 0.29) is 0 Å². The zero-order valence-electron chi connectivity index (χ0n) is 16.0. The fourth-order valence-corrected chi connectivity index (χ4v) is 2.64. The van der Waals surface area contributed by atoms with Gasteiger partial charge >= 0.3 is 0 Å². The molecule has 0 aliphatic heterocycles. The van der Waals surface area contributed by atoms with Gasteiger partial charge in [-0.2, -0.15) is 5.10 Å². The number of aromatic nitrogens is 3. The first kappa shape index (κ1) is 18.7. The second-order valence-electron chi connectivity index (χ2n) is 6.59. The average molecular weight is 366 g/mol. The Labute approximate surface area is 159 Å². The average Bonchev–Trinajstić information content (AvgIpc) is 3.37. The highest BCUT2D eigenvalue weighted by atomic mass is 16.5. The Bertz CT molecular complexity index is 849. The highest BCUT2D eigenvalue weighted by molar-refractivity contribution is 5.79. The molecule has 2 heterocycles. The first-order valence-corrected chi connectivity index (χ1v) is 9.14. The number of guanidine groups is 1. The predicted octanol–water partition coefficient (Wildman–Crippen LogP) is 2.89. The fraction of sp³-hybridized carbons (Fsp3) is 0.350. The van der Waals surface area contributed by atoms with Gasteiger partial charge in [-0.3, -0.25) is 4.99 Å². The van der Waals surface area contributed by atoms with Crippen LogP contribution >= 0.6 is 0 Å². The number of benzene rings is 1. The van der Waals surface area contributed by atoms with Gasteiger partial charge in [0.1, 0.15) is 0 Å². The maximum Gasteiger partial charge on any atom is 0.191 e. The molecule has 142 valence electrons. The summed E-state index contributed by atoms with van der Waals surface area (Å²) in [6, 6.07) is 12.3. The summed E-state index contributed by atoms with van der Waals surface area (Å²) < 4.78 is 7.18. The Morgan fingerprint density at radius 2 is 2.04 bits per heavy atom. The van der Waals surface area contributed by atoms with Crippen molar-refractivity contribution in [2.75, 3.05) is 13.6 Å². The number of hydrogen-bond acceptors (Lipinski definition) is 4. The van der Waals surface area contributed by atoms with E-state index in [9.17, 15) is 0 Å². The topological polar surface area (TPSA) is 80.3 Å². The molecule has 7 nitrogen and oxygen atoms in total. The van der Waals surface area contributed by atoms with Crippen LogP contribution in [-0.2, 0) is 13.0 Å². The van der Waals surface area contributed by atoms with Crippen LogP contribution in [0.5, 0.6) is 0 Å². The molecule has 0 aliphatic rings. The smallest absolute Gasteiger partial charge is 0.191 e. The van der Waals surface area contributed by atoms with Crippen LogP contribution in [0.1, 0.15) is 36.8 Å². The Hall–Kier alpha value is -3.09. The third kappa shape index (κ3) is 5.20. The van der Waals surface area contributed by atoms with Crippen molar-refractivity contribution < 1.29 is 4.52 Å². The molecule has 1 aromatic carbocycles. The molecule has 0 radical (unpaired) electrons. The summed E-state index contributed by atoms with van der Waals surface area (Å²) in [5.41, 5.74) is 3.28. The first-order valence-electron chi connectivity index (χ1n) is 9.14. The van der Waals surface area contributed by atoms with Gasteiger partial charge in [0.25, 0.3) is 0 Å². The van der Waals surface area contributed by atoms with Gasteiger partial charge in [-0.25, -0.2) is 4.68 Å². The van der Waals surface area contributed by atoms with Crippen LogP contribution in [0.2, 0.25) is 0 Å². The van der Waals surface area contributed by atoms with E-state index in [0.717, 1.165) is 36.1 Å². The number of nitrogens with zero attached hydrogens (tertiary/aromatic N) is 4. The van der Waals surface area contributed by atoms with E-state index in [2.05, 4.69) is 64.0 Å². The van der Waals surface area contributed by atoms with Crippen molar-refractivity contribution in [1.82, 2.24) is 25.6 Å². The molecule has 2 aromatic heterocycles. The maximum absolute atomic E-state index is 5.33. The molecule has 0 bridgehead atoms. The van der Waals surface area contributed by atoms with Gasteiger partial charge in [0.15, 0.2) is 11.7 Å². The molecule has 0 spiro atoms. The van der Waals surface area contributed by atoms with Crippen LogP contribution < -0.4 is 10.6 Å². The van der Waals surface area contributed by atoms with Crippen LogP contribution in [0.3, 0.4) is 0 Å². The lowest BCUT2D eigenvalue weighted by molar-refractivity contribution is 0.372. The lowest BCUT2D eigenvalue weighted by atomic mass is 10.1. The van der Waals surface area contributed by atoms with E-state index < -0.39 is 0 Å². The molecule has 0 atom stereocenters. The van der Waals surface area contributed by atoms with E-state index in [1.807, 2.05) is 23.0 Å². The van der Waals surface area contributed by atoms with E-state index in [1.165, 1.54) is 5.56 Å². The van der Waals surface area contributed by atoms with Gasteiger partial charge in [-0.05, 0) is 36.1 Å². The molecular weight excluding hydrogens is 340 g/mol. The highest BCUT2D eigenvalue weighted by Gasteiger charge is 2.08. The zero-order chi connectivity index (χ0) is 19.1. The van der Waals surface area contributed by atoms with Gasteiger partial charge in [-0.1, -0.05) is 31.1 Å². The quantitative estimate of drug-likeness (QED) is 0.496. The van der Waals surface area contributed by atoms with E-state index >= 15 is 0 Å². The number of nitrogens with one attached hydrogen (secondary N) is 2. The zero-order valence-corrected chi connectivity index (χ0v) is 16.0. The Kier molecular flexibility index (Phi) is 6.25. The summed E-state index contributed by atoms with van der Waals surface area (Å²) in [5, 5.41) is 14.9. The van der Waals surface area contributed by atoms with Crippen LogP contribution in [0.25, 0.3) is 5.69 Å². The summed E-state index contributed by atoms with van der Waals surface area (Å²) in [5.74, 6) is 1.90. The molecule has 0 fully saturated rings. The second kappa shape index (κ2) is 9.02. The van der Waals surface area contributed by atoms with Gasteiger partial charge in [-0.15, -0.1) is 0 Å². The number of hydrogen-bond donors (Lipinski definition) is 2. The van der Waals surface area contributed by atoms with Crippen molar-refractivity contribution in [1.29, 1.82) is 0 Å². The molecule has 7 heteroatoms. The Morgan fingerprint density at radius 1 is 1.22 bits per heavy atom. The minimum Gasteiger partial charge on any atom is -0.359 e. The molecule has 0 saturated heterocycles. The fourth-order valence-electron chi connectivity index (χ4n) is 2.64. The van der Waals surface area contributed by atoms with Crippen LogP contribution in [-0.4, -0.2) is 34.5 Å². The molecule has 3 aromatic rings. The molecule has 0 unspecified atom stereocenters. The molecule has 0 amide bonds. The van der Waals surface area contributed by atoms with Crippen molar-refractivity contribution in [3.8, 4) is 5.69 Å². The summed E-state index contributed by atoms with van der Waals surface area (Å²) in [6.45, 7) is 5.53. The van der Waals surface area contributed by atoms with E-state index in [0.29, 0.717) is 12.5 Å². The van der Waals surface area contributed by atoms with E-state index in [1.54, 1.807) is 13.2 Å². The van der Waals surface area contributed by atoms with Gasteiger partial charge < -0.3 is 15.2 Å². The summed E-state index contributed by atoms with van der Waals surface area (Å²) in [4.78, 5) is 4.24. The van der Waals surface area contributed by atoms with Crippen LogP contribution in [0, 0.1) is 0 Å². The third-order valence-electron chi connectivity index (χ3n) is 4.23. The molecule has 0 aliphatic carbocycles. The van der Waals surface area contributed by atoms with Crippen molar-refractivity contribution in [3.63, 3.8) is 0 Å². The molecular formula is C20H26N6O. The number of rotatable bonds is 7. The second-order valence-corrected chi connectivity index (χ2v) is 6.59. The monoisotopic (exact) mass is 366 g/mol. The third-order valence-corrected chi connectivity index (χ3v) is 4.23. The normalized spacial score (nSPS) is 11.8. The highest BCUT2D eigenvalue weighted by Crippen LogP contribution is 2.13. The van der Waals surface area contributed by atoms with Crippen molar-refractivity contribution >= 4 is 5.96 Å². The number of aliphatic imine (C=N–C) groups is 1. The van der Waals surface area contributed by atoms with Gasteiger partial charge in [0.2, 0.25) is 0 Å². The maximum atomic E-state index is 5.33. The SMILES string of the molecule is CN=C(NCCc1ccc(-n2cccn2)cc1)NCc1cc(C(C)C)no1. The standard InChI is InChI=1S/C20H26N6O/c1-15(2)19-13-18(27-25-19)14-23-20(21-3)22-11-9-16-5-7-17(8-6-16)26-12-4-10-24-26/h4-8,10,12-13,15H,9,11,14H2,1-3H3,(H2,21,22,23). The van der Waals surface area contributed by atoms with Gasteiger partial charge in [0, 0.05) is 32.1 Å². The van der Waals surface area contributed by atoms with Crippen LogP contribution in [0.15, 0.2) is 58.3 Å². The van der Waals surface area contributed by atoms with Crippen molar-refractivity contribution in [3.05, 3.63) is 65.8 Å². The summed E-state index contributed by atoms with van der Waals surface area (Å²) >= 11 is 0. The lowest BCUT2D eigenvalue weighted by Gasteiger charge is -2.11. The minimum atomic E-state index is 0.361. The molecule has 3 rings (SSSR count). The minimum absolute atomic E-state index is 0.361. The predicted molar refractivity (Wildman–Crippen MR) is 106 cm³/mol. The summed E-state index contributed by atoms with van der Waals surface area (Å²) in [7, 11) is 1.76.